The summed E-state index contributed by atoms with van der Waals surface area (Å²) < 4.78 is 30.9. The molecular formula is C25H17Cl3N2O3S. The van der Waals surface area contributed by atoms with E-state index in [1.54, 1.807) is 60.7 Å². The van der Waals surface area contributed by atoms with Gasteiger partial charge in [-0.15, -0.1) is 0 Å². The first-order chi connectivity index (χ1) is 16.3. The fourth-order valence-electron chi connectivity index (χ4n) is 4.32. The fourth-order valence-corrected chi connectivity index (χ4v) is 6.34. The molecule has 9 heteroatoms. The molecule has 0 saturated heterocycles. The summed E-state index contributed by atoms with van der Waals surface area (Å²) >= 11 is 18.2. The molecule has 0 N–H and O–H groups in total. The number of anilines is 1. The van der Waals surface area contributed by atoms with Crippen molar-refractivity contribution < 1.29 is 8.42 Å². The largest absolute Gasteiger partial charge is 0.284 e. The SMILES string of the molecule is O=c1cccc2n1[C@@H](c1ccc(Cl)cc1)[C@@H](c1ccc(Cl)cc1)N2S(=O)(=O)c1ccc(Cl)cc1. The van der Waals surface area contributed by atoms with Gasteiger partial charge < -0.3 is 0 Å². The highest BCUT2D eigenvalue weighted by atomic mass is 35.5. The van der Waals surface area contributed by atoms with Crippen LogP contribution in [0.4, 0.5) is 5.82 Å². The molecule has 4 aromatic rings. The summed E-state index contributed by atoms with van der Waals surface area (Å²) in [4.78, 5) is 13.2. The molecule has 0 amide bonds. The second-order valence-corrected chi connectivity index (χ2v) is 11.0. The highest BCUT2D eigenvalue weighted by Crippen LogP contribution is 2.49. The molecule has 172 valence electrons. The number of halogens is 3. The number of hydrogen-bond acceptors (Lipinski definition) is 3. The molecule has 0 saturated carbocycles. The van der Waals surface area contributed by atoms with Crippen LogP contribution in [0.5, 0.6) is 0 Å². The van der Waals surface area contributed by atoms with Crippen LogP contribution in [-0.4, -0.2) is 13.0 Å². The second kappa shape index (κ2) is 8.78. The average Bonchev–Trinajstić information content (AvgIpc) is 3.18. The lowest BCUT2D eigenvalue weighted by atomic mass is 9.94. The number of nitrogens with zero attached hydrogens (tertiary/aromatic N) is 2. The molecule has 1 aromatic heterocycles. The Morgan fingerprint density at radius 1 is 0.618 bits per heavy atom. The van der Waals surface area contributed by atoms with Gasteiger partial charge in [0.2, 0.25) is 0 Å². The van der Waals surface area contributed by atoms with Crippen LogP contribution in [0.25, 0.3) is 0 Å². The molecule has 0 bridgehead atoms. The summed E-state index contributed by atoms with van der Waals surface area (Å²) in [6, 6.07) is 23.2. The van der Waals surface area contributed by atoms with Gasteiger partial charge in [-0.05, 0) is 65.7 Å². The molecule has 0 radical (unpaired) electrons. The number of pyridine rings is 1. The van der Waals surface area contributed by atoms with E-state index in [4.69, 9.17) is 34.8 Å². The lowest BCUT2D eigenvalue weighted by molar-refractivity contribution is 0.529. The first kappa shape index (κ1) is 23.0. The van der Waals surface area contributed by atoms with Gasteiger partial charge >= 0.3 is 0 Å². The van der Waals surface area contributed by atoms with E-state index in [0.717, 1.165) is 5.56 Å². The predicted molar refractivity (Wildman–Crippen MR) is 136 cm³/mol. The molecule has 0 fully saturated rings. The van der Waals surface area contributed by atoms with Gasteiger partial charge in [-0.2, -0.15) is 0 Å². The summed E-state index contributed by atoms with van der Waals surface area (Å²) in [5, 5.41) is 1.48. The molecule has 5 nitrogen and oxygen atoms in total. The smallest absolute Gasteiger partial charge is 0.266 e. The van der Waals surface area contributed by atoms with Crippen molar-refractivity contribution in [2.24, 2.45) is 0 Å². The Morgan fingerprint density at radius 3 is 1.62 bits per heavy atom. The molecule has 0 unspecified atom stereocenters. The summed E-state index contributed by atoms with van der Waals surface area (Å²) in [5.41, 5.74) is 1.11. The molecule has 34 heavy (non-hydrogen) atoms. The Morgan fingerprint density at radius 2 is 1.09 bits per heavy atom. The van der Waals surface area contributed by atoms with Crippen molar-refractivity contribution >= 4 is 50.6 Å². The third-order valence-electron chi connectivity index (χ3n) is 5.82. The van der Waals surface area contributed by atoms with Gasteiger partial charge in [0.05, 0.1) is 17.0 Å². The molecule has 2 atom stereocenters. The van der Waals surface area contributed by atoms with Crippen molar-refractivity contribution in [1.82, 2.24) is 4.57 Å². The fraction of sp³-hybridized carbons (Fsp3) is 0.0800. The molecular weight excluding hydrogens is 515 g/mol. The maximum atomic E-state index is 14.0. The normalized spacial score (nSPS) is 17.6. The quantitative estimate of drug-likeness (QED) is 0.308. The van der Waals surface area contributed by atoms with Crippen LogP contribution < -0.4 is 9.86 Å². The van der Waals surface area contributed by atoms with Crippen molar-refractivity contribution in [1.29, 1.82) is 0 Å². The van der Waals surface area contributed by atoms with Gasteiger partial charge in [0, 0.05) is 21.1 Å². The number of rotatable bonds is 4. The summed E-state index contributed by atoms with van der Waals surface area (Å²) in [6.07, 6.45) is 0. The van der Waals surface area contributed by atoms with E-state index in [2.05, 4.69) is 0 Å². The van der Waals surface area contributed by atoms with Crippen LogP contribution in [0.2, 0.25) is 15.1 Å². The van der Waals surface area contributed by atoms with E-state index in [9.17, 15) is 13.2 Å². The highest BCUT2D eigenvalue weighted by molar-refractivity contribution is 7.92. The highest BCUT2D eigenvalue weighted by Gasteiger charge is 2.46. The van der Waals surface area contributed by atoms with E-state index in [1.165, 1.54) is 39.2 Å². The first-order valence-electron chi connectivity index (χ1n) is 10.3. The average molecular weight is 532 g/mol. The van der Waals surface area contributed by atoms with Crippen molar-refractivity contribution in [2.75, 3.05) is 4.31 Å². The van der Waals surface area contributed by atoms with Crippen molar-refractivity contribution in [3.05, 3.63) is 128 Å². The Hall–Kier alpha value is -2.77. The molecule has 1 aliphatic heterocycles. The number of aromatic nitrogens is 1. The standard InChI is InChI=1S/C25H17Cl3N2O3S/c26-18-8-4-16(5-9-18)24-25(17-6-10-19(27)11-7-17)30(22-2-1-3-23(31)29(22)24)34(32,33)21-14-12-20(28)13-15-21/h1-15,24-25H/t24-,25+/m0/s1. The van der Waals surface area contributed by atoms with Crippen molar-refractivity contribution in [2.45, 2.75) is 17.0 Å². The minimum absolute atomic E-state index is 0.0653. The lowest BCUT2D eigenvalue weighted by Crippen LogP contribution is -2.33. The maximum absolute atomic E-state index is 14.0. The molecule has 5 rings (SSSR count). The second-order valence-electron chi connectivity index (χ2n) is 7.84. The Balaban J connectivity index is 1.81. The van der Waals surface area contributed by atoms with Crippen LogP contribution in [-0.2, 0) is 10.0 Å². The Labute approximate surface area is 211 Å². The first-order valence-corrected chi connectivity index (χ1v) is 12.9. The van der Waals surface area contributed by atoms with E-state index < -0.39 is 22.1 Å². The van der Waals surface area contributed by atoms with Crippen LogP contribution in [0.15, 0.2) is 101 Å². The zero-order chi connectivity index (χ0) is 24.0. The monoisotopic (exact) mass is 530 g/mol. The number of benzene rings is 3. The molecule has 0 aliphatic carbocycles. The van der Waals surface area contributed by atoms with E-state index in [0.29, 0.717) is 20.6 Å². The number of hydrogen-bond donors (Lipinski definition) is 0. The molecule has 1 aliphatic rings. The van der Waals surface area contributed by atoms with Crippen LogP contribution in [0, 0.1) is 0 Å². The lowest BCUT2D eigenvalue weighted by Gasteiger charge is -2.29. The van der Waals surface area contributed by atoms with Gasteiger partial charge in [-0.25, -0.2) is 12.7 Å². The molecule has 3 aromatic carbocycles. The van der Waals surface area contributed by atoms with Gasteiger partial charge in [0.1, 0.15) is 5.82 Å². The maximum Gasteiger partial charge on any atom is 0.266 e. The third kappa shape index (κ3) is 3.91. The van der Waals surface area contributed by atoms with Crippen molar-refractivity contribution in [3.63, 3.8) is 0 Å². The topological polar surface area (TPSA) is 59.4 Å². The summed E-state index contributed by atoms with van der Waals surface area (Å²) in [5.74, 6) is 0.266. The van der Waals surface area contributed by atoms with Crippen LogP contribution in [0.1, 0.15) is 23.2 Å². The Bertz CT molecular complexity index is 1520. The minimum atomic E-state index is -4.09. The summed E-state index contributed by atoms with van der Waals surface area (Å²) in [6.45, 7) is 0. The van der Waals surface area contributed by atoms with Crippen LogP contribution >= 0.6 is 34.8 Å². The predicted octanol–water partition coefficient (Wildman–Crippen LogP) is 6.35. The third-order valence-corrected chi connectivity index (χ3v) is 8.37. The number of fused-ring (bicyclic) bond motifs is 1. The zero-order valence-electron chi connectivity index (χ0n) is 17.5. The van der Waals surface area contributed by atoms with Gasteiger partial charge in [-0.1, -0.05) is 65.1 Å². The van der Waals surface area contributed by atoms with Gasteiger partial charge in [0.25, 0.3) is 15.6 Å². The Kier molecular flexibility index (Phi) is 5.94. The van der Waals surface area contributed by atoms with Gasteiger partial charge in [0.15, 0.2) is 0 Å². The minimum Gasteiger partial charge on any atom is -0.284 e. The molecule has 0 spiro atoms. The van der Waals surface area contributed by atoms with E-state index in [1.807, 2.05) is 0 Å². The van der Waals surface area contributed by atoms with Crippen molar-refractivity contribution in [3.8, 4) is 0 Å². The van der Waals surface area contributed by atoms with Crippen LogP contribution in [0.3, 0.4) is 0 Å². The van der Waals surface area contributed by atoms with Gasteiger partial charge in [-0.3, -0.25) is 9.36 Å². The van der Waals surface area contributed by atoms with E-state index in [-0.39, 0.29) is 16.3 Å². The number of sulfonamides is 1. The van der Waals surface area contributed by atoms with E-state index >= 15 is 0 Å². The zero-order valence-corrected chi connectivity index (χ0v) is 20.6. The molecule has 2 heterocycles. The summed E-state index contributed by atoms with van der Waals surface area (Å²) in [7, 11) is -4.09.